The quantitative estimate of drug-likeness (QED) is 0.822. The second-order valence-electron chi connectivity index (χ2n) is 7.07. The first-order valence-corrected chi connectivity index (χ1v) is 8.91. The van der Waals surface area contributed by atoms with Crippen LogP contribution < -0.4 is 9.47 Å². The molecule has 0 bridgehead atoms. The average Bonchev–Trinajstić information content (AvgIpc) is 3.16. The van der Waals surface area contributed by atoms with E-state index in [9.17, 15) is 9.59 Å². The fraction of sp³-hybridized carbons (Fsp3) is 0.579. The third kappa shape index (κ3) is 2.99. The predicted molar refractivity (Wildman–Crippen MR) is 90.1 cm³/mol. The third-order valence-electron chi connectivity index (χ3n) is 5.49. The molecule has 0 aliphatic carbocycles. The van der Waals surface area contributed by atoms with Crippen molar-refractivity contribution in [2.45, 2.75) is 43.8 Å². The lowest BCUT2D eigenvalue weighted by Crippen LogP contribution is -2.53. The van der Waals surface area contributed by atoms with Crippen molar-refractivity contribution in [2.24, 2.45) is 0 Å². The van der Waals surface area contributed by atoms with Crippen molar-refractivity contribution in [3.63, 3.8) is 0 Å². The fourth-order valence-corrected chi connectivity index (χ4v) is 3.99. The number of methoxy groups -OCH3 is 1. The van der Waals surface area contributed by atoms with E-state index in [1.807, 2.05) is 4.90 Å². The average molecular weight is 345 g/mol. The van der Waals surface area contributed by atoms with E-state index in [-0.39, 0.29) is 17.8 Å². The number of hydrogen-bond acceptors (Lipinski definition) is 5. The van der Waals surface area contributed by atoms with Crippen LogP contribution in [0.3, 0.4) is 0 Å². The van der Waals surface area contributed by atoms with E-state index < -0.39 is 5.60 Å². The number of rotatable bonds is 2. The Balaban J connectivity index is 1.46. The number of likely N-dealkylation sites (tertiary alicyclic amines) is 1. The molecule has 6 nitrogen and oxygen atoms in total. The van der Waals surface area contributed by atoms with Crippen molar-refractivity contribution in [1.29, 1.82) is 0 Å². The molecule has 0 saturated carbocycles. The molecule has 1 aromatic rings. The third-order valence-corrected chi connectivity index (χ3v) is 5.49. The molecular formula is C19H23NO5. The van der Waals surface area contributed by atoms with E-state index in [2.05, 4.69) is 0 Å². The minimum atomic E-state index is -0.494. The van der Waals surface area contributed by atoms with E-state index >= 15 is 0 Å². The summed E-state index contributed by atoms with van der Waals surface area (Å²) in [5, 5.41) is 0. The van der Waals surface area contributed by atoms with Gasteiger partial charge in [0.1, 0.15) is 23.2 Å². The molecular weight excluding hydrogens is 322 g/mol. The van der Waals surface area contributed by atoms with Crippen LogP contribution in [0.4, 0.5) is 0 Å². The van der Waals surface area contributed by atoms with Gasteiger partial charge in [0.25, 0.3) is 5.91 Å². The summed E-state index contributed by atoms with van der Waals surface area (Å²) in [6, 6.07) is 5.35. The Bertz CT molecular complexity index is 687. The van der Waals surface area contributed by atoms with Gasteiger partial charge in [-0.25, -0.2) is 0 Å². The number of benzene rings is 1. The van der Waals surface area contributed by atoms with E-state index in [4.69, 9.17) is 14.2 Å². The van der Waals surface area contributed by atoms with Crippen LogP contribution in [-0.4, -0.2) is 55.1 Å². The van der Waals surface area contributed by atoms with E-state index in [1.165, 1.54) is 0 Å². The summed E-state index contributed by atoms with van der Waals surface area (Å²) in [5.74, 6) is 1.44. The Morgan fingerprint density at radius 1 is 1.32 bits per heavy atom. The van der Waals surface area contributed by atoms with Gasteiger partial charge in [-0.05, 0) is 31.0 Å². The first-order chi connectivity index (χ1) is 12.1. The second kappa shape index (κ2) is 6.33. The molecule has 1 unspecified atom stereocenters. The zero-order valence-electron chi connectivity index (χ0n) is 14.5. The van der Waals surface area contributed by atoms with Gasteiger partial charge in [-0.2, -0.15) is 0 Å². The second-order valence-corrected chi connectivity index (χ2v) is 7.07. The smallest absolute Gasteiger partial charge is 0.251 e. The molecule has 0 aromatic heterocycles. The Morgan fingerprint density at radius 3 is 2.80 bits per heavy atom. The molecule has 1 spiro atoms. The largest absolute Gasteiger partial charge is 0.497 e. The number of carbonyl (C=O) groups is 2. The molecule has 1 atom stereocenters. The predicted octanol–water partition coefficient (Wildman–Crippen LogP) is 2.20. The van der Waals surface area contributed by atoms with Crippen LogP contribution in [0.15, 0.2) is 18.2 Å². The van der Waals surface area contributed by atoms with Crippen molar-refractivity contribution < 1.29 is 23.8 Å². The van der Waals surface area contributed by atoms with E-state index in [1.54, 1.807) is 25.3 Å². The van der Waals surface area contributed by atoms with Crippen LogP contribution in [0.5, 0.6) is 11.5 Å². The zero-order chi connectivity index (χ0) is 17.4. The molecule has 3 aliphatic rings. The van der Waals surface area contributed by atoms with Gasteiger partial charge in [-0.1, -0.05) is 0 Å². The molecule has 1 aromatic carbocycles. The van der Waals surface area contributed by atoms with Crippen molar-refractivity contribution in [3.8, 4) is 11.5 Å². The molecule has 6 heteroatoms. The van der Waals surface area contributed by atoms with Crippen LogP contribution >= 0.6 is 0 Å². The number of piperidine rings is 1. The molecule has 4 rings (SSSR count). The van der Waals surface area contributed by atoms with E-state index in [0.29, 0.717) is 56.0 Å². The highest BCUT2D eigenvalue weighted by atomic mass is 16.5. The topological polar surface area (TPSA) is 65.1 Å². The minimum absolute atomic E-state index is 0.0825. The Labute approximate surface area is 147 Å². The molecule has 2 saturated heterocycles. The van der Waals surface area contributed by atoms with Gasteiger partial charge in [0.2, 0.25) is 0 Å². The van der Waals surface area contributed by atoms with Gasteiger partial charge in [0.15, 0.2) is 5.78 Å². The number of ether oxygens (including phenoxy) is 3. The molecule has 1 amide bonds. The maximum Gasteiger partial charge on any atom is 0.251 e. The number of Topliss-reactive ketones (excluding diaryl/α,β-unsaturated/α-hetero) is 1. The van der Waals surface area contributed by atoms with Crippen LogP contribution in [0.1, 0.15) is 42.5 Å². The summed E-state index contributed by atoms with van der Waals surface area (Å²) < 4.78 is 16.9. The summed E-state index contributed by atoms with van der Waals surface area (Å²) in [6.07, 6.45) is 3.17. The molecule has 3 aliphatic heterocycles. The highest BCUT2D eigenvalue weighted by molar-refractivity contribution is 6.00. The molecule has 134 valence electrons. The molecule has 0 N–H and O–H groups in total. The maximum absolute atomic E-state index is 12.6. The Hall–Kier alpha value is -2.08. The number of hydrogen-bond donors (Lipinski definition) is 0. The van der Waals surface area contributed by atoms with E-state index in [0.717, 1.165) is 12.8 Å². The van der Waals surface area contributed by atoms with Crippen molar-refractivity contribution in [2.75, 3.05) is 26.8 Å². The lowest BCUT2D eigenvalue weighted by atomic mass is 9.82. The van der Waals surface area contributed by atoms with Crippen LogP contribution in [-0.2, 0) is 9.53 Å². The summed E-state index contributed by atoms with van der Waals surface area (Å²) in [5.41, 5.74) is 0.0919. The Morgan fingerprint density at radius 2 is 2.12 bits per heavy atom. The lowest BCUT2D eigenvalue weighted by molar-refractivity contribution is -0.144. The summed E-state index contributed by atoms with van der Waals surface area (Å²) in [6.45, 7) is 1.89. The fourth-order valence-electron chi connectivity index (χ4n) is 3.99. The number of carbonyl (C=O) groups excluding carboxylic acids is 2. The van der Waals surface area contributed by atoms with Gasteiger partial charge in [-0.15, -0.1) is 0 Å². The number of ketones is 1. The molecule has 25 heavy (non-hydrogen) atoms. The van der Waals surface area contributed by atoms with Crippen LogP contribution in [0, 0.1) is 0 Å². The van der Waals surface area contributed by atoms with Gasteiger partial charge >= 0.3 is 0 Å². The zero-order valence-corrected chi connectivity index (χ0v) is 14.5. The van der Waals surface area contributed by atoms with Gasteiger partial charge in [-0.3, -0.25) is 9.59 Å². The maximum atomic E-state index is 12.6. The number of amides is 1. The summed E-state index contributed by atoms with van der Waals surface area (Å²) in [4.78, 5) is 27.0. The first kappa shape index (κ1) is 16.4. The molecule has 0 radical (unpaired) electrons. The van der Waals surface area contributed by atoms with Crippen molar-refractivity contribution in [3.05, 3.63) is 23.8 Å². The number of nitrogens with zero attached hydrogens (tertiary/aromatic N) is 1. The van der Waals surface area contributed by atoms with Gasteiger partial charge in [0.05, 0.1) is 19.1 Å². The lowest BCUT2D eigenvalue weighted by Gasteiger charge is -2.44. The summed E-state index contributed by atoms with van der Waals surface area (Å²) >= 11 is 0. The standard InChI is InChI=1S/C19H23NO5/c1-23-13-4-5-16-14(11-13)15(21)12-19(25-16)6-8-20(9-7-19)18(22)17-3-2-10-24-17/h4-5,11,17H,2-3,6-10,12H2,1H3. The Kier molecular flexibility index (Phi) is 4.15. The SMILES string of the molecule is COc1ccc2c(c1)C(=O)CC1(CCN(C(=O)C3CCCO3)CC1)O2. The van der Waals surface area contributed by atoms with Crippen molar-refractivity contribution in [1.82, 2.24) is 4.90 Å². The molecule has 2 fully saturated rings. The van der Waals surface area contributed by atoms with Crippen molar-refractivity contribution >= 4 is 11.7 Å². The first-order valence-electron chi connectivity index (χ1n) is 8.91. The van der Waals surface area contributed by atoms with Crippen LogP contribution in [0.2, 0.25) is 0 Å². The number of fused-ring (bicyclic) bond motifs is 1. The van der Waals surface area contributed by atoms with Crippen LogP contribution in [0.25, 0.3) is 0 Å². The van der Waals surface area contributed by atoms with Gasteiger partial charge < -0.3 is 19.1 Å². The highest BCUT2D eigenvalue weighted by Gasteiger charge is 2.44. The molecule has 3 heterocycles. The summed E-state index contributed by atoms with van der Waals surface area (Å²) in [7, 11) is 1.58. The minimum Gasteiger partial charge on any atom is -0.497 e. The highest BCUT2D eigenvalue weighted by Crippen LogP contribution is 2.40. The van der Waals surface area contributed by atoms with Gasteiger partial charge in [0, 0.05) is 32.5 Å². The normalized spacial score (nSPS) is 24.8. The monoisotopic (exact) mass is 345 g/mol.